The molecule has 2 aromatic rings. The minimum atomic E-state index is -0.938. The summed E-state index contributed by atoms with van der Waals surface area (Å²) >= 11 is 0. The Morgan fingerprint density at radius 3 is 1.25 bits per heavy atom. The van der Waals surface area contributed by atoms with E-state index < -0.39 is 23.1 Å². The van der Waals surface area contributed by atoms with Gasteiger partial charge in [-0.1, -0.05) is 37.1 Å². The predicted octanol–water partition coefficient (Wildman–Crippen LogP) is 5.68. The van der Waals surface area contributed by atoms with Gasteiger partial charge in [-0.25, -0.2) is 9.59 Å². The second-order valence-corrected chi connectivity index (χ2v) is 11.4. The second-order valence-electron chi connectivity index (χ2n) is 11.4. The van der Waals surface area contributed by atoms with Crippen LogP contribution in [0.3, 0.4) is 0 Å². The highest BCUT2D eigenvalue weighted by molar-refractivity contribution is 6.29. The minimum absolute atomic E-state index is 0.347. The summed E-state index contributed by atoms with van der Waals surface area (Å²) in [6.07, 6.45) is 9.34. The summed E-state index contributed by atoms with van der Waals surface area (Å²) < 4.78 is 22.5. The normalized spacial score (nSPS) is 19.6. The fraction of sp³-hybridized carbons (Fsp3) is 0.562. The van der Waals surface area contributed by atoms with E-state index in [2.05, 4.69) is 0 Å². The molecule has 2 saturated carbocycles. The quantitative estimate of drug-likeness (QED) is 0.285. The molecule has 4 rings (SSSR count). The Morgan fingerprint density at radius 2 is 0.950 bits per heavy atom. The molecule has 0 heterocycles. The van der Waals surface area contributed by atoms with Crippen LogP contribution in [0.25, 0.3) is 0 Å². The van der Waals surface area contributed by atoms with Gasteiger partial charge in [0.2, 0.25) is 0 Å². The lowest BCUT2D eigenvalue weighted by molar-refractivity contribution is -0.191. The van der Waals surface area contributed by atoms with Crippen molar-refractivity contribution in [2.45, 2.75) is 100 Å². The first-order chi connectivity index (χ1) is 19.3. The molecule has 0 aliphatic heterocycles. The minimum Gasteiger partial charge on any atom is -0.497 e. The third-order valence-corrected chi connectivity index (χ3v) is 8.59. The van der Waals surface area contributed by atoms with Gasteiger partial charge >= 0.3 is 11.9 Å². The molecule has 0 amide bonds. The van der Waals surface area contributed by atoms with Gasteiger partial charge in [0.25, 0.3) is 0 Å². The van der Waals surface area contributed by atoms with Gasteiger partial charge in [0.05, 0.1) is 14.2 Å². The SMILES string of the molecule is COc1ccc(C(N)CC2(OC(=O)C(=O)OC3(CC(N)c4ccc(OC)cc4)CCCCC3)CCCCC2)cc1. The summed E-state index contributed by atoms with van der Waals surface area (Å²) in [4.78, 5) is 26.5. The van der Waals surface area contributed by atoms with Gasteiger partial charge in [0.15, 0.2) is 0 Å². The Bertz CT molecular complexity index is 1020. The first kappa shape index (κ1) is 29.9. The highest BCUT2D eigenvalue weighted by Crippen LogP contribution is 2.41. The maximum absolute atomic E-state index is 13.3. The highest BCUT2D eigenvalue weighted by atomic mass is 16.6. The Morgan fingerprint density at radius 1 is 0.625 bits per heavy atom. The van der Waals surface area contributed by atoms with Crippen molar-refractivity contribution >= 4 is 11.9 Å². The van der Waals surface area contributed by atoms with Crippen molar-refractivity contribution in [2.75, 3.05) is 14.2 Å². The second kappa shape index (κ2) is 13.5. The van der Waals surface area contributed by atoms with Crippen LogP contribution in [-0.4, -0.2) is 37.4 Å². The summed E-state index contributed by atoms with van der Waals surface area (Å²) in [7, 11) is 3.24. The van der Waals surface area contributed by atoms with Crippen LogP contribution in [0.5, 0.6) is 11.5 Å². The van der Waals surface area contributed by atoms with Crippen molar-refractivity contribution < 1.29 is 28.5 Å². The van der Waals surface area contributed by atoms with Crippen molar-refractivity contribution in [3.8, 4) is 11.5 Å². The summed E-state index contributed by atoms with van der Waals surface area (Å²) in [5, 5.41) is 0. The van der Waals surface area contributed by atoms with Gasteiger partial charge in [0.1, 0.15) is 22.7 Å². The summed E-state index contributed by atoms with van der Waals surface area (Å²) in [6.45, 7) is 0. The number of nitrogens with two attached hydrogens (primary N) is 2. The molecular weight excluding hydrogens is 508 g/mol. The number of carbonyl (C=O) groups excluding carboxylic acids is 2. The molecule has 4 N–H and O–H groups in total. The molecule has 0 saturated heterocycles. The topological polar surface area (TPSA) is 123 Å². The van der Waals surface area contributed by atoms with E-state index in [-0.39, 0.29) is 12.1 Å². The van der Waals surface area contributed by atoms with Crippen LogP contribution in [0.15, 0.2) is 48.5 Å². The summed E-state index contributed by atoms with van der Waals surface area (Å²) in [5.41, 5.74) is 13.4. The van der Waals surface area contributed by atoms with E-state index in [1.165, 1.54) is 0 Å². The van der Waals surface area contributed by atoms with Crippen LogP contribution in [0.4, 0.5) is 0 Å². The van der Waals surface area contributed by atoms with Crippen molar-refractivity contribution in [3.05, 3.63) is 59.7 Å². The molecule has 0 bridgehead atoms. The van der Waals surface area contributed by atoms with Crippen LogP contribution in [0.1, 0.15) is 100 Å². The third-order valence-electron chi connectivity index (χ3n) is 8.59. The fourth-order valence-corrected chi connectivity index (χ4v) is 6.30. The zero-order valence-corrected chi connectivity index (χ0v) is 23.9. The Balaban J connectivity index is 1.44. The number of hydrogen-bond donors (Lipinski definition) is 2. The molecule has 0 radical (unpaired) electrons. The smallest absolute Gasteiger partial charge is 0.418 e. The maximum Gasteiger partial charge on any atom is 0.418 e. The van der Waals surface area contributed by atoms with Crippen LogP contribution in [-0.2, 0) is 19.1 Å². The van der Waals surface area contributed by atoms with Crippen molar-refractivity contribution in [1.29, 1.82) is 0 Å². The van der Waals surface area contributed by atoms with E-state index in [1.54, 1.807) is 14.2 Å². The van der Waals surface area contributed by atoms with Gasteiger partial charge in [0, 0.05) is 24.9 Å². The molecule has 8 nitrogen and oxygen atoms in total. The molecule has 8 heteroatoms. The Hall–Kier alpha value is -3.10. The monoisotopic (exact) mass is 552 g/mol. The van der Waals surface area contributed by atoms with Crippen LogP contribution in [0.2, 0.25) is 0 Å². The van der Waals surface area contributed by atoms with Crippen molar-refractivity contribution in [1.82, 2.24) is 0 Å². The average molecular weight is 553 g/mol. The van der Waals surface area contributed by atoms with Gasteiger partial charge in [-0.3, -0.25) is 0 Å². The number of carbonyl (C=O) groups is 2. The van der Waals surface area contributed by atoms with Crippen LogP contribution in [0, 0.1) is 0 Å². The molecule has 2 fully saturated rings. The lowest BCUT2D eigenvalue weighted by Crippen LogP contribution is -2.45. The summed E-state index contributed by atoms with van der Waals surface area (Å²) in [5.74, 6) is -0.375. The van der Waals surface area contributed by atoms with E-state index >= 15 is 0 Å². The van der Waals surface area contributed by atoms with E-state index in [4.69, 9.17) is 30.4 Å². The predicted molar refractivity (Wildman–Crippen MR) is 153 cm³/mol. The first-order valence-corrected chi connectivity index (χ1v) is 14.5. The summed E-state index contributed by atoms with van der Waals surface area (Å²) in [6, 6.07) is 14.5. The standard InChI is InChI=1S/C32H44N2O6/c1-37-25-13-9-23(10-14-25)27(33)21-31(17-5-3-6-18-31)39-29(35)30(36)40-32(19-7-4-8-20-32)22-28(34)24-11-15-26(38-2)16-12-24/h9-16,27-28H,3-8,17-22,33-34H2,1-2H3. The van der Waals surface area contributed by atoms with E-state index in [0.29, 0.717) is 38.5 Å². The number of methoxy groups -OCH3 is 2. The van der Waals surface area contributed by atoms with Crippen LogP contribution < -0.4 is 20.9 Å². The Labute approximate surface area is 237 Å². The zero-order chi connectivity index (χ0) is 28.6. The molecule has 2 atom stereocenters. The number of ether oxygens (including phenoxy) is 4. The number of rotatable bonds is 10. The molecule has 40 heavy (non-hydrogen) atoms. The molecule has 218 valence electrons. The van der Waals surface area contributed by atoms with Crippen molar-refractivity contribution in [2.24, 2.45) is 11.5 Å². The molecule has 2 aliphatic rings. The van der Waals surface area contributed by atoms with E-state index in [0.717, 1.165) is 61.2 Å². The number of benzene rings is 2. The molecule has 0 spiro atoms. The van der Waals surface area contributed by atoms with E-state index in [9.17, 15) is 9.59 Å². The van der Waals surface area contributed by atoms with Gasteiger partial charge in [-0.15, -0.1) is 0 Å². The van der Waals surface area contributed by atoms with Gasteiger partial charge < -0.3 is 30.4 Å². The lowest BCUT2D eigenvalue weighted by atomic mass is 9.79. The van der Waals surface area contributed by atoms with Gasteiger partial charge in [-0.2, -0.15) is 0 Å². The number of esters is 2. The molecular formula is C32H44N2O6. The molecule has 2 unspecified atom stereocenters. The Kier molecular flexibility index (Phi) is 10.1. The highest BCUT2D eigenvalue weighted by Gasteiger charge is 2.43. The molecule has 0 aromatic heterocycles. The fourth-order valence-electron chi connectivity index (χ4n) is 6.30. The maximum atomic E-state index is 13.3. The van der Waals surface area contributed by atoms with Gasteiger partial charge in [-0.05, 0) is 86.8 Å². The van der Waals surface area contributed by atoms with Crippen LogP contribution >= 0.6 is 0 Å². The third kappa shape index (κ3) is 7.55. The largest absolute Gasteiger partial charge is 0.497 e. The first-order valence-electron chi connectivity index (χ1n) is 14.5. The average Bonchev–Trinajstić information content (AvgIpc) is 2.98. The van der Waals surface area contributed by atoms with E-state index in [1.807, 2.05) is 48.5 Å². The number of hydrogen-bond acceptors (Lipinski definition) is 8. The molecule has 2 aromatic carbocycles. The van der Waals surface area contributed by atoms with Crippen molar-refractivity contribution in [3.63, 3.8) is 0 Å². The lowest BCUT2D eigenvalue weighted by Gasteiger charge is -2.40. The zero-order valence-electron chi connectivity index (χ0n) is 23.9. The molecule has 2 aliphatic carbocycles.